The molecule has 1 spiro atoms. The van der Waals surface area contributed by atoms with Crippen LogP contribution in [0.25, 0.3) is 0 Å². The van der Waals surface area contributed by atoms with Crippen LogP contribution in [0.1, 0.15) is 28.8 Å². The Morgan fingerprint density at radius 2 is 1.96 bits per heavy atom. The summed E-state index contributed by atoms with van der Waals surface area (Å²) in [5.41, 5.74) is 0.738. The zero-order chi connectivity index (χ0) is 18.1. The molecule has 2 aliphatic heterocycles. The lowest BCUT2D eigenvalue weighted by molar-refractivity contribution is -0.140. The van der Waals surface area contributed by atoms with Gasteiger partial charge in [0.05, 0.1) is 12.1 Å². The molecule has 1 fully saturated rings. The number of ether oxygens (including phenoxy) is 2. The first-order chi connectivity index (χ1) is 12.6. The van der Waals surface area contributed by atoms with E-state index in [1.165, 1.54) is 0 Å². The summed E-state index contributed by atoms with van der Waals surface area (Å²) in [6.07, 6.45) is 1.49. The molecule has 0 bridgehead atoms. The van der Waals surface area contributed by atoms with Crippen LogP contribution in [-0.4, -0.2) is 36.5 Å². The first-order valence-corrected chi connectivity index (χ1v) is 8.94. The summed E-state index contributed by atoms with van der Waals surface area (Å²) >= 11 is 5.85. The molecule has 1 unspecified atom stereocenters. The van der Waals surface area contributed by atoms with Crippen LogP contribution >= 0.6 is 11.6 Å². The number of carbonyl (C=O) groups excluding carboxylic acids is 2. The highest BCUT2D eigenvalue weighted by Gasteiger charge is 2.48. The van der Waals surface area contributed by atoms with E-state index in [0.29, 0.717) is 29.4 Å². The fourth-order valence-corrected chi connectivity index (χ4v) is 3.78. The number of piperidine rings is 1. The molecule has 1 atom stereocenters. The van der Waals surface area contributed by atoms with Gasteiger partial charge in [-0.3, -0.25) is 4.79 Å². The maximum Gasteiger partial charge on any atom is 0.339 e. The van der Waals surface area contributed by atoms with Crippen molar-refractivity contribution in [2.24, 2.45) is 0 Å². The molecule has 0 N–H and O–H groups in total. The number of likely N-dealkylation sites (tertiary alicyclic amines) is 1. The van der Waals surface area contributed by atoms with Crippen molar-refractivity contribution in [2.75, 3.05) is 19.7 Å². The lowest BCUT2D eigenvalue weighted by Crippen LogP contribution is -2.50. The van der Waals surface area contributed by atoms with E-state index in [0.717, 1.165) is 18.4 Å². The predicted molar refractivity (Wildman–Crippen MR) is 96.3 cm³/mol. The Labute approximate surface area is 156 Å². The Balaban J connectivity index is 1.46. The summed E-state index contributed by atoms with van der Waals surface area (Å²) in [6.45, 7) is 0.927. The minimum atomic E-state index is -0.734. The van der Waals surface area contributed by atoms with Gasteiger partial charge in [0.1, 0.15) is 5.75 Å². The zero-order valence-electron chi connectivity index (χ0n) is 14.1. The quantitative estimate of drug-likeness (QED) is 0.776. The largest absolute Gasteiger partial charge is 0.484 e. The molecule has 2 aliphatic rings. The minimum absolute atomic E-state index is 0.0622. The number of fused-ring (bicyclic) bond motifs is 2. The Morgan fingerprint density at radius 3 is 2.77 bits per heavy atom. The number of hydrogen-bond acceptors (Lipinski definition) is 4. The van der Waals surface area contributed by atoms with E-state index in [2.05, 4.69) is 0 Å². The van der Waals surface area contributed by atoms with Gasteiger partial charge in [0.15, 0.2) is 12.2 Å². The molecule has 0 aliphatic carbocycles. The van der Waals surface area contributed by atoms with E-state index < -0.39 is 5.60 Å². The molecular formula is C20H18ClNO4. The summed E-state index contributed by atoms with van der Waals surface area (Å²) < 4.78 is 11.3. The first-order valence-electron chi connectivity index (χ1n) is 8.56. The van der Waals surface area contributed by atoms with Crippen molar-refractivity contribution in [1.29, 1.82) is 0 Å². The van der Waals surface area contributed by atoms with Crippen LogP contribution in [0.3, 0.4) is 0 Å². The monoisotopic (exact) mass is 371 g/mol. The van der Waals surface area contributed by atoms with Crippen LogP contribution < -0.4 is 4.74 Å². The molecule has 0 radical (unpaired) electrons. The lowest BCUT2D eigenvalue weighted by atomic mass is 9.85. The van der Waals surface area contributed by atoms with Crippen molar-refractivity contribution in [1.82, 2.24) is 4.90 Å². The molecule has 6 heteroatoms. The molecule has 2 aromatic carbocycles. The minimum Gasteiger partial charge on any atom is -0.484 e. The number of carbonyl (C=O) groups is 2. The molecule has 2 aromatic rings. The van der Waals surface area contributed by atoms with E-state index in [1.807, 2.05) is 18.2 Å². The molecular weight excluding hydrogens is 354 g/mol. The van der Waals surface area contributed by atoms with Crippen LogP contribution in [0, 0.1) is 0 Å². The fraction of sp³-hybridized carbons (Fsp3) is 0.300. The number of nitrogens with zero attached hydrogens (tertiary/aromatic N) is 1. The van der Waals surface area contributed by atoms with E-state index >= 15 is 0 Å². The SMILES string of the molecule is O=C1OC2(CCCN(C(=O)COc3ccc(Cl)cc3)C2)c2ccccc21. The number of rotatable bonds is 3. The average molecular weight is 372 g/mol. The molecule has 2 heterocycles. The highest BCUT2D eigenvalue weighted by atomic mass is 35.5. The average Bonchev–Trinajstić information content (AvgIpc) is 2.93. The molecule has 1 amide bonds. The maximum atomic E-state index is 12.6. The van der Waals surface area contributed by atoms with E-state index in [9.17, 15) is 9.59 Å². The van der Waals surface area contributed by atoms with Gasteiger partial charge >= 0.3 is 5.97 Å². The van der Waals surface area contributed by atoms with Gasteiger partial charge in [-0.05, 0) is 43.2 Å². The second-order valence-corrected chi connectivity index (χ2v) is 7.03. The number of hydrogen-bond donors (Lipinski definition) is 0. The van der Waals surface area contributed by atoms with Gasteiger partial charge in [-0.1, -0.05) is 29.8 Å². The van der Waals surface area contributed by atoms with Crippen molar-refractivity contribution in [3.8, 4) is 5.75 Å². The van der Waals surface area contributed by atoms with Crippen LogP contribution in [0.5, 0.6) is 5.75 Å². The van der Waals surface area contributed by atoms with Crippen molar-refractivity contribution >= 4 is 23.5 Å². The highest BCUT2D eigenvalue weighted by molar-refractivity contribution is 6.30. The van der Waals surface area contributed by atoms with Crippen LogP contribution in [-0.2, 0) is 15.1 Å². The summed E-state index contributed by atoms with van der Waals surface area (Å²) in [5, 5.41) is 0.614. The van der Waals surface area contributed by atoms with E-state index in [4.69, 9.17) is 21.1 Å². The van der Waals surface area contributed by atoms with Crippen LogP contribution in [0.2, 0.25) is 5.02 Å². The normalized spacial score (nSPS) is 21.4. The highest BCUT2D eigenvalue weighted by Crippen LogP contribution is 2.42. The van der Waals surface area contributed by atoms with Crippen LogP contribution in [0.15, 0.2) is 48.5 Å². The van der Waals surface area contributed by atoms with Gasteiger partial charge in [-0.15, -0.1) is 0 Å². The molecule has 134 valence electrons. The summed E-state index contributed by atoms with van der Waals surface area (Å²) in [6, 6.07) is 14.3. The second-order valence-electron chi connectivity index (χ2n) is 6.59. The van der Waals surface area contributed by atoms with Crippen molar-refractivity contribution in [2.45, 2.75) is 18.4 Å². The van der Waals surface area contributed by atoms with Gasteiger partial charge < -0.3 is 14.4 Å². The smallest absolute Gasteiger partial charge is 0.339 e. The molecule has 1 saturated heterocycles. The molecule has 5 nitrogen and oxygen atoms in total. The van der Waals surface area contributed by atoms with Gasteiger partial charge in [0.25, 0.3) is 5.91 Å². The zero-order valence-corrected chi connectivity index (χ0v) is 14.9. The standard InChI is InChI=1S/C20H18ClNO4/c21-14-6-8-15(9-7-14)25-12-18(23)22-11-3-10-20(13-22)17-5-2-1-4-16(17)19(24)26-20/h1-2,4-9H,3,10-13H2. The number of halogens is 1. The predicted octanol–water partition coefficient (Wildman–Crippen LogP) is 3.41. The van der Waals surface area contributed by atoms with E-state index in [1.54, 1.807) is 35.2 Å². The summed E-state index contributed by atoms with van der Waals surface area (Å²) in [5.74, 6) is 0.152. The molecule has 0 saturated carbocycles. The van der Waals surface area contributed by atoms with Gasteiger partial charge in [0.2, 0.25) is 0 Å². The molecule has 26 heavy (non-hydrogen) atoms. The lowest BCUT2D eigenvalue weighted by Gasteiger charge is -2.39. The second kappa shape index (κ2) is 6.65. The van der Waals surface area contributed by atoms with E-state index in [-0.39, 0.29) is 18.5 Å². The Morgan fingerprint density at radius 1 is 1.19 bits per heavy atom. The van der Waals surface area contributed by atoms with Gasteiger partial charge in [0, 0.05) is 17.1 Å². The first kappa shape index (κ1) is 16.9. The van der Waals surface area contributed by atoms with Gasteiger partial charge in [-0.2, -0.15) is 0 Å². The molecule has 0 aromatic heterocycles. The van der Waals surface area contributed by atoms with Gasteiger partial charge in [-0.25, -0.2) is 4.79 Å². The Bertz CT molecular complexity index is 851. The summed E-state index contributed by atoms with van der Waals surface area (Å²) in [4.78, 5) is 26.5. The van der Waals surface area contributed by atoms with Crippen LogP contribution in [0.4, 0.5) is 0 Å². The number of benzene rings is 2. The number of esters is 1. The molecule has 4 rings (SSSR count). The Hall–Kier alpha value is -2.53. The van der Waals surface area contributed by atoms with Crippen molar-refractivity contribution < 1.29 is 19.1 Å². The third kappa shape index (κ3) is 3.03. The van der Waals surface area contributed by atoms with Crippen molar-refractivity contribution in [3.63, 3.8) is 0 Å². The number of amides is 1. The third-order valence-corrected chi connectivity index (χ3v) is 5.16. The fourth-order valence-electron chi connectivity index (χ4n) is 3.65. The topological polar surface area (TPSA) is 55.8 Å². The summed E-state index contributed by atoms with van der Waals surface area (Å²) in [7, 11) is 0. The third-order valence-electron chi connectivity index (χ3n) is 4.91. The Kier molecular flexibility index (Phi) is 4.32. The maximum absolute atomic E-state index is 12.6. The van der Waals surface area contributed by atoms with Crippen molar-refractivity contribution in [3.05, 3.63) is 64.7 Å².